The van der Waals surface area contributed by atoms with Crippen molar-refractivity contribution in [2.75, 3.05) is 6.54 Å². The van der Waals surface area contributed by atoms with E-state index in [9.17, 15) is 0 Å². The van der Waals surface area contributed by atoms with Crippen LogP contribution in [-0.2, 0) is 0 Å². The third kappa shape index (κ3) is 1.57. The van der Waals surface area contributed by atoms with Crippen molar-refractivity contribution in [1.29, 1.82) is 0 Å². The molecule has 2 nitrogen and oxygen atoms in total. The van der Waals surface area contributed by atoms with Crippen molar-refractivity contribution in [2.24, 2.45) is 5.73 Å². The van der Waals surface area contributed by atoms with Crippen LogP contribution in [-0.4, -0.2) is 17.5 Å². The van der Waals surface area contributed by atoms with E-state index in [0.717, 1.165) is 19.0 Å². The normalized spacial score (nSPS) is 28.4. The molecule has 0 aliphatic heterocycles. The summed E-state index contributed by atoms with van der Waals surface area (Å²) in [5.41, 5.74) is 9.07. The van der Waals surface area contributed by atoms with E-state index >= 15 is 0 Å². The van der Waals surface area contributed by atoms with Crippen LogP contribution >= 0.6 is 0 Å². The minimum absolute atomic E-state index is 0.244. The van der Waals surface area contributed by atoms with E-state index in [0.29, 0.717) is 6.04 Å². The van der Waals surface area contributed by atoms with Crippen molar-refractivity contribution in [3.05, 3.63) is 35.4 Å². The van der Waals surface area contributed by atoms with E-state index in [1.165, 1.54) is 24.0 Å². The molecule has 0 bridgehead atoms. The van der Waals surface area contributed by atoms with Gasteiger partial charge in [0.15, 0.2) is 0 Å². The molecule has 86 valence electrons. The molecule has 1 aromatic rings. The Bertz CT molecular complexity index is 384. The molecule has 16 heavy (non-hydrogen) atoms. The van der Waals surface area contributed by atoms with Crippen molar-refractivity contribution >= 4 is 0 Å². The van der Waals surface area contributed by atoms with Crippen LogP contribution in [0.15, 0.2) is 24.3 Å². The van der Waals surface area contributed by atoms with Crippen LogP contribution in [0.1, 0.15) is 49.4 Å². The minimum Gasteiger partial charge on any atom is -0.324 e. The van der Waals surface area contributed by atoms with Crippen LogP contribution < -0.4 is 5.73 Å². The molecule has 2 atom stereocenters. The van der Waals surface area contributed by atoms with Gasteiger partial charge in [0.25, 0.3) is 0 Å². The van der Waals surface area contributed by atoms with Gasteiger partial charge in [0.1, 0.15) is 0 Å². The molecule has 0 spiro atoms. The number of fused-ring (bicyclic) bond motifs is 1. The zero-order valence-corrected chi connectivity index (χ0v) is 9.89. The van der Waals surface area contributed by atoms with E-state index in [1.807, 2.05) is 0 Å². The summed E-state index contributed by atoms with van der Waals surface area (Å²) < 4.78 is 0. The van der Waals surface area contributed by atoms with Crippen LogP contribution in [0.5, 0.6) is 0 Å². The lowest BCUT2D eigenvalue weighted by atomic mass is 10.1. The van der Waals surface area contributed by atoms with Gasteiger partial charge in [-0.15, -0.1) is 0 Å². The van der Waals surface area contributed by atoms with Gasteiger partial charge in [-0.2, -0.15) is 0 Å². The van der Waals surface area contributed by atoms with Crippen molar-refractivity contribution in [3.8, 4) is 0 Å². The summed E-state index contributed by atoms with van der Waals surface area (Å²) in [5, 5.41) is 0. The van der Waals surface area contributed by atoms with E-state index in [4.69, 9.17) is 5.73 Å². The van der Waals surface area contributed by atoms with Gasteiger partial charge in [-0.05, 0) is 36.9 Å². The second-order valence-corrected chi connectivity index (χ2v) is 5.05. The molecule has 0 radical (unpaired) electrons. The SMILES string of the molecule is CCN(C1CC1)C1CC(N)c2ccccc21. The maximum absolute atomic E-state index is 6.22. The van der Waals surface area contributed by atoms with Crippen LogP contribution in [0.2, 0.25) is 0 Å². The molecular formula is C14H20N2. The standard InChI is InChI=1S/C14H20N2/c1-2-16(10-7-8-10)14-9-13(15)11-5-3-4-6-12(11)14/h3-6,10,13-14H,2,7-9,15H2,1H3. The van der Waals surface area contributed by atoms with Gasteiger partial charge < -0.3 is 5.73 Å². The van der Waals surface area contributed by atoms with Gasteiger partial charge in [0.05, 0.1) is 0 Å². The number of benzene rings is 1. The van der Waals surface area contributed by atoms with Gasteiger partial charge in [-0.1, -0.05) is 31.2 Å². The van der Waals surface area contributed by atoms with E-state index in [1.54, 1.807) is 0 Å². The molecule has 0 amide bonds. The molecule has 0 heterocycles. The Balaban J connectivity index is 1.92. The first-order valence-electron chi connectivity index (χ1n) is 6.41. The summed E-state index contributed by atoms with van der Waals surface area (Å²) in [4.78, 5) is 2.64. The Labute approximate surface area is 97.4 Å². The molecule has 2 aliphatic carbocycles. The Morgan fingerprint density at radius 2 is 1.94 bits per heavy atom. The topological polar surface area (TPSA) is 29.3 Å². The summed E-state index contributed by atoms with van der Waals surface area (Å²) in [5.74, 6) is 0. The number of hydrogen-bond donors (Lipinski definition) is 1. The molecule has 0 aromatic heterocycles. The van der Waals surface area contributed by atoms with Crippen LogP contribution in [0.3, 0.4) is 0 Å². The third-order valence-corrected chi connectivity index (χ3v) is 4.01. The highest BCUT2D eigenvalue weighted by Gasteiger charge is 2.38. The Morgan fingerprint density at radius 3 is 2.56 bits per heavy atom. The average Bonchev–Trinajstić information content (AvgIpc) is 3.08. The van der Waals surface area contributed by atoms with E-state index < -0.39 is 0 Å². The smallest absolute Gasteiger partial charge is 0.0372 e. The predicted octanol–water partition coefficient (Wildman–Crippen LogP) is 2.62. The summed E-state index contributed by atoms with van der Waals surface area (Å²) in [6.07, 6.45) is 3.85. The maximum Gasteiger partial charge on any atom is 0.0372 e. The van der Waals surface area contributed by atoms with Crippen molar-refractivity contribution in [1.82, 2.24) is 4.90 Å². The number of nitrogens with two attached hydrogens (primary N) is 1. The number of hydrogen-bond acceptors (Lipinski definition) is 2. The monoisotopic (exact) mass is 216 g/mol. The van der Waals surface area contributed by atoms with Crippen molar-refractivity contribution in [2.45, 2.75) is 44.3 Å². The van der Waals surface area contributed by atoms with Gasteiger partial charge in [-0.3, -0.25) is 4.90 Å². The molecule has 2 heteroatoms. The predicted molar refractivity (Wildman–Crippen MR) is 66.1 cm³/mol. The first-order valence-corrected chi connectivity index (χ1v) is 6.41. The van der Waals surface area contributed by atoms with Gasteiger partial charge in [-0.25, -0.2) is 0 Å². The van der Waals surface area contributed by atoms with Crippen molar-refractivity contribution < 1.29 is 0 Å². The maximum atomic E-state index is 6.22. The largest absolute Gasteiger partial charge is 0.324 e. The highest BCUT2D eigenvalue weighted by atomic mass is 15.2. The van der Waals surface area contributed by atoms with E-state index in [2.05, 4.69) is 36.1 Å². The van der Waals surface area contributed by atoms with Crippen LogP contribution in [0.25, 0.3) is 0 Å². The highest BCUT2D eigenvalue weighted by molar-refractivity contribution is 5.37. The lowest BCUT2D eigenvalue weighted by molar-refractivity contribution is 0.192. The minimum atomic E-state index is 0.244. The summed E-state index contributed by atoms with van der Waals surface area (Å²) in [6.45, 7) is 3.42. The van der Waals surface area contributed by atoms with Crippen molar-refractivity contribution in [3.63, 3.8) is 0 Å². The molecule has 3 rings (SSSR count). The molecule has 1 saturated carbocycles. The summed E-state index contributed by atoms with van der Waals surface area (Å²) in [6, 6.07) is 10.4. The molecule has 2 unspecified atom stereocenters. The zero-order valence-electron chi connectivity index (χ0n) is 9.89. The number of nitrogens with zero attached hydrogens (tertiary/aromatic N) is 1. The van der Waals surface area contributed by atoms with Gasteiger partial charge in [0.2, 0.25) is 0 Å². The molecule has 1 aromatic carbocycles. The lowest BCUT2D eigenvalue weighted by Gasteiger charge is -2.28. The number of rotatable bonds is 3. The van der Waals surface area contributed by atoms with Gasteiger partial charge >= 0.3 is 0 Å². The van der Waals surface area contributed by atoms with Crippen LogP contribution in [0, 0.1) is 0 Å². The Morgan fingerprint density at radius 1 is 1.25 bits per heavy atom. The molecule has 0 saturated heterocycles. The Kier molecular flexibility index (Phi) is 2.49. The molecule has 2 aliphatic rings. The quantitative estimate of drug-likeness (QED) is 0.841. The lowest BCUT2D eigenvalue weighted by Crippen LogP contribution is -2.29. The fourth-order valence-corrected chi connectivity index (χ4v) is 3.10. The third-order valence-electron chi connectivity index (χ3n) is 4.01. The van der Waals surface area contributed by atoms with E-state index in [-0.39, 0.29) is 6.04 Å². The average molecular weight is 216 g/mol. The summed E-state index contributed by atoms with van der Waals surface area (Å²) >= 11 is 0. The van der Waals surface area contributed by atoms with Gasteiger partial charge in [0, 0.05) is 18.1 Å². The Hall–Kier alpha value is -0.860. The summed E-state index contributed by atoms with van der Waals surface area (Å²) in [7, 11) is 0. The second kappa shape index (κ2) is 3.86. The highest BCUT2D eigenvalue weighted by Crippen LogP contribution is 2.44. The molecule has 2 N–H and O–H groups in total. The fourth-order valence-electron chi connectivity index (χ4n) is 3.10. The fraction of sp³-hybridized carbons (Fsp3) is 0.571. The first kappa shape index (κ1) is 10.3. The second-order valence-electron chi connectivity index (χ2n) is 5.05. The first-order chi connectivity index (χ1) is 7.81. The van der Waals surface area contributed by atoms with Crippen LogP contribution in [0.4, 0.5) is 0 Å². The molecule has 1 fully saturated rings. The zero-order chi connectivity index (χ0) is 11.1. The molecular weight excluding hydrogens is 196 g/mol.